The van der Waals surface area contributed by atoms with E-state index in [4.69, 9.17) is 0 Å². The molecule has 1 aliphatic carbocycles. The van der Waals surface area contributed by atoms with E-state index in [0.717, 1.165) is 13.1 Å². The van der Waals surface area contributed by atoms with Crippen molar-refractivity contribution in [2.75, 3.05) is 20.6 Å². The van der Waals surface area contributed by atoms with Crippen molar-refractivity contribution in [3.05, 3.63) is 16.6 Å². The fourth-order valence-electron chi connectivity index (χ4n) is 2.74. The van der Waals surface area contributed by atoms with Gasteiger partial charge in [0.2, 0.25) is 0 Å². The van der Waals surface area contributed by atoms with Gasteiger partial charge in [-0.15, -0.1) is 11.3 Å². The van der Waals surface area contributed by atoms with Gasteiger partial charge in [-0.25, -0.2) is 4.98 Å². The van der Waals surface area contributed by atoms with Crippen LogP contribution in [-0.2, 0) is 6.54 Å². The molecule has 0 aromatic carbocycles. The highest BCUT2D eigenvalue weighted by molar-refractivity contribution is 7.07. The first-order valence-electron chi connectivity index (χ1n) is 6.48. The van der Waals surface area contributed by atoms with Crippen molar-refractivity contribution in [2.24, 2.45) is 0 Å². The first-order chi connectivity index (χ1) is 8.23. The minimum atomic E-state index is 0.369. The largest absolute Gasteiger partial charge is 0.309 e. The summed E-state index contributed by atoms with van der Waals surface area (Å²) in [6.45, 7) is 1.98. The molecule has 0 aliphatic heterocycles. The molecule has 3 nitrogen and oxygen atoms in total. The SMILES string of the molecule is CN(C)C1(CNCc2cscn2)CCCCC1. The second-order valence-corrected chi connectivity index (χ2v) is 5.98. The summed E-state index contributed by atoms with van der Waals surface area (Å²) in [7, 11) is 4.44. The molecule has 96 valence electrons. The summed E-state index contributed by atoms with van der Waals surface area (Å²) >= 11 is 1.67. The number of hydrogen-bond acceptors (Lipinski definition) is 4. The second kappa shape index (κ2) is 5.94. The normalized spacial score (nSPS) is 19.7. The lowest BCUT2D eigenvalue weighted by Gasteiger charge is -2.43. The molecule has 0 saturated heterocycles. The highest BCUT2D eigenvalue weighted by Gasteiger charge is 2.33. The van der Waals surface area contributed by atoms with E-state index in [1.54, 1.807) is 11.3 Å². The summed E-state index contributed by atoms with van der Waals surface area (Å²) in [5.74, 6) is 0. The Morgan fingerprint density at radius 3 is 2.71 bits per heavy atom. The quantitative estimate of drug-likeness (QED) is 0.874. The maximum Gasteiger partial charge on any atom is 0.0795 e. The van der Waals surface area contributed by atoms with E-state index in [0.29, 0.717) is 5.54 Å². The van der Waals surface area contributed by atoms with E-state index < -0.39 is 0 Å². The smallest absolute Gasteiger partial charge is 0.0795 e. The Kier molecular flexibility index (Phi) is 4.54. The monoisotopic (exact) mass is 253 g/mol. The van der Waals surface area contributed by atoms with E-state index in [-0.39, 0.29) is 0 Å². The molecule has 1 saturated carbocycles. The van der Waals surface area contributed by atoms with Crippen LogP contribution in [0.15, 0.2) is 10.9 Å². The van der Waals surface area contributed by atoms with Gasteiger partial charge in [0.1, 0.15) is 0 Å². The first-order valence-corrected chi connectivity index (χ1v) is 7.42. The standard InChI is InChI=1S/C13H23N3S/c1-16(2)13(6-4-3-5-7-13)10-14-8-12-9-17-11-15-12/h9,11,14H,3-8,10H2,1-2H3. The molecule has 0 unspecified atom stereocenters. The van der Waals surface area contributed by atoms with Crippen LogP contribution in [0.3, 0.4) is 0 Å². The number of likely N-dealkylation sites (N-methyl/N-ethyl adjacent to an activating group) is 1. The van der Waals surface area contributed by atoms with Crippen molar-refractivity contribution in [2.45, 2.75) is 44.2 Å². The molecule has 1 aliphatic rings. The van der Waals surface area contributed by atoms with Crippen molar-refractivity contribution in [3.63, 3.8) is 0 Å². The van der Waals surface area contributed by atoms with Gasteiger partial charge in [0, 0.05) is 24.0 Å². The Labute approximate surface area is 108 Å². The highest BCUT2D eigenvalue weighted by atomic mass is 32.1. The maximum atomic E-state index is 4.31. The molecule has 4 heteroatoms. The van der Waals surface area contributed by atoms with Gasteiger partial charge in [0.05, 0.1) is 11.2 Å². The maximum absolute atomic E-state index is 4.31. The van der Waals surface area contributed by atoms with E-state index in [9.17, 15) is 0 Å². The molecule has 1 aromatic rings. The van der Waals surface area contributed by atoms with Crippen molar-refractivity contribution in [1.82, 2.24) is 15.2 Å². The Morgan fingerprint density at radius 1 is 1.35 bits per heavy atom. The molecule has 17 heavy (non-hydrogen) atoms. The molecular formula is C13H23N3S. The van der Waals surface area contributed by atoms with Gasteiger partial charge < -0.3 is 10.2 Å². The van der Waals surface area contributed by atoms with Crippen LogP contribution in [0.4, 0.5) is 0 Å². The zero-order chi connectivity index (χ0) is 12.1. The molecule has 2 rings (SSSR count). The third kappa shape index (κ3) is 3.27. The predicted molar refractivity (Wildman–Crippen MR) is 73.3 cm³/mol. The minimum absolute atomic E-state index is 0.369. The lowest BCUT2D eigenvalue weighted by atomic mass is 9.80. The van der Waals surface area contributed by atoms with E-state index in [1.807, 2.05) is 5.51 Å². The molecule has 0 spiro atoms. The van der Waals surface area contributed by atoms with Gasteiger partial charge >= 0.3 is 0 Å². The summed E-state index contributed by atoms with van der Waals surface area (Å²) in [5, 5.41) is 5.70. The fourth-order valence-corrected chi connectivity index (χ4v) is 3.30. The number of nitrogens with zero attached hydrogens (tertiary/aromatic N) is 2. The Morgan fingerprint density at radius 2 is 2.12 bits per heavy atom. The van der Waals surface area contributed by atoms with Gasteiger partial charge in [0.15, 0.2) is 0 Å². The van der Waals surface area contributed by atoms with Gasteiger partial charge in [0.25, 0.3) is 0 Å². The van der Waals surface area contributed by atoms with Crippen LogP contribution in [0.2, 0.25) is 0 Å². The molecule has 0 amide bonds. The lowest BCUT2D eigenvalue weighted by Crippen LogP contribution is -2.52. The predicted octanol–water partition coefficient (Wildman–Crippen LogP) is 2.50. The van der Waals surface area contributed by atoms with Crippen LogP contribution < -0.4 is 5.32 Å². The van der Waals surface area contributed by atoms with Crippen LogP contribution in [0.5, 0.6) is 0 Å². The van der Waals surface area contributed by atoms with Crippen LogP contribution >= 0.6 is 11.3 Å². The molecule has 0 atom stereocenters. The van der Waals surface area contributed by atoms with Gasteiger partial charge in [-0.3, -0.25) is 0 Å². The average Bonchev–Trinajstić information content (AvgIpc) is 2.83. The molecule has 1 N–H and O–H groups in total. The van der Waals surface area contributed by atoms with Crippen LogP contribution in [0.25, 0.3) is 0 Å². The third-order valence-electron chi connectivity index (χ3n) is 3.98. The number of thiazole rings is 1. The van der Waals surface area contributed by atoms with Crippen molar-refractivity contribution >= 4 is 11.3 Å². The zero-order valence-electron chi connectivity index (χ0n) is 10.9. The van der Waals surface area contributed by atoms with Crippen LogP contribution in [0.1, 0.15) is 37.8 Å². The first kappa shape index (κ1) is 13.0. The Hall–Kier alpha value is -0.450. The van der Waals surface area contributed by atoms with Gasteiger partial charge in [-0.05, 0) is 26.9 Å². The third-order valence-corrected chi connectivity index (χ3v) is 4.61. The van der Waals surface area contributed by atoms with Crippen molar-refractivity contribution < 1.29 is 0 Å². The molecule has 1 fully saturated rings. The lowest BCUT2D eigenvalue weighted by molar-refractivity contribution is 0.0983. The van der Waals surface area contributed by atoms with Crippen LogP contribution in [-0.4, -0.2) is 36.1 Å². The fraction of sp³-hybridized carbons (Fsp3) is 0.769. The van der Waals surface area contributed by atoms with Gasteiger partial charge in [-0.1, -0.05) is 19.3 Å². The summed E-state index contributed by atoms with van der Waals surface area (Å²) < 4.78 is 0. The highest BCUT2D eigenvalue weighted by Crippen LogP contribution is 2.31. The molecule has 1 heterocycles. The number of rotatable bonds is 5. The van der Waals surface area contributed by atoms with E-state index >= 15 is 0 Å². The molecule has 0 radical (unpaired) electrons. The molecule has 1 aromatic heterocycles. The second-order valence-electron chi connectivity index (χ2n) is 5.26. The van der Waals surface area contributed by atoms with E-state index in [2.05, 4.69) is 34.7 Å². The van der Waals surface area contributed by atoms with Crippen molar-refractivity contribution in [1.29, 1.82) is 0 Å². The molecule has 0 bridgehead atoms. The van der Waals surface area contributed by atoms with Crippen LogP contribution in [0, 0.1) is 0 Å². The number of nitrogens with one attached hydrogen (secondary N) is 1. The number of hydrogen-bond donors (Lipinski definition) is 1. The summed E-state index contributed by atoms with van der Waals surface area (Å²) in [5.41, 5.74) is 3.44. The topological polar surface area (TPSA) is 28.2 Å². The number of aromatic nitrogens is 1. The summed E-state index contributed by atoms with van der Waals surface area (Å²) in [6.07, 6.45) is 6.79. The molecular weight excluding hydrogens is 230 g/mol. The Bertz CT molecular complexity index is 315. The Balaban J connectivity index is 1.85. The summed E-state index contributed by atoms with van der Waals surface area (Å²) in [4.78, 5) is 6.73. The minimum Gasteiger partial charge on any atom is -0.309 e. The van der Waals surface area contributed by atoms with E-state index in [1.165, 1.54) is 37.8 Å². The van der Waals surface area contributed by atoms with Crippen molar-refractivity contribution in [3.8, 4) is 0 Å². The van der Waals surface area contributed by atoms with Gasteiger partial charge in [-0.2, -0.15) is 0 Å². The summed E-state index contributed by atoms with van der Waals surface area (Å²) in [6, 6.07) is 0. The average molecular weight is 253 g/mol. The zero-order valence-corrected chi connectivity index (χ0v) is 11.7.